The first-order valence-corrected chi connectivity index (χ1v) is 8.32. The van der Waals surface area contributed by atoms with Crippen molar-refractivity contribution in [3.8, 4) is 0 Å². The van der Waals surface area contributed by atoms with Crippen LogP contribution >= 0.6 is 0 Å². The van der Waals surface area contributed by atoms with Crippen molar-refractivity contribution in [1.82, 2.24) is 10.2 Å². The highest BCUT2D eigenvalue weighted by Crippen LogP contribution is 2.29. The Labute approximate surface area is 128 Å². The van der Waals surface area contributed by atoms with Crippen LogP contribution in [0.15, 0.2) is 24.3 Å². The van der Waals surface area contributed by atoms with E-state index >= 15 is 0 Å². The van der Waals surface area contributed by atoms with Crippen molar-refractivity contribution in [3.63, 3.8) is 0 Å². The molecule has 0 bridgehead atoms. The fourth-order valence-electron chi connectivity index (χ4n) is 3.70. The summed E-state index contributed by atoms with van der Waals surface area (Å²) in [6.45, 7) is 7.67. The molecule has 3 heteroatoms. The Kier molecular flexibility index (Phi) is 4.63. The van der Waals surface area contributed by atoms with Gasteiger partial charge in [-0.2, -0.15) is 0 Å². The number of hydrogen-bond acceptors (Lipinski definition) is 3. The Morgan fingerprint density at radius 2 is 1.90 bits per heavy atom. The van der Waals surface area contributed by atoms with Gasteiger partial charge in [0.2, 0.25) is 0 Å². The third kappa shape index (κ3) is 3.15. The monoisotopic (exact) mass is 288 g/mol. The molecular weight excluding hydrogens is 260 g/mol. The molecule has 2 aliphatic rings. The summed E-state index contributed by atoms with van der Waals surface area (Å²) in [5.41, 5.74) is 2.74. The highest BCUT2D eigenvalue weighted by molar-refractivity contribution is 5.27. The number of rotatable bonds is 4. The molecule has 2 heterocycles. The minimum absolute atomic E-state index is 0.259. The van der Waals surface area contributed by atoms with Gasteiger partial charge < -0.3 is 10.1 Å². The van der Waals surface area contributed by atoms with Crippen LogP contribution in [0.3, 0.4) is 0 Å². The first-order chi connectivity index (χ1) is 10.2. The second kappa shape index (κ2) is 6.47. The van der Waals surface area contributed by atoms with Crippen LogP contribution in [-0.4, -0.2) is 43.8 Å². The van der Waals surface area contributed by atoms with Crippen LogP contribution in [0.4, 0.5) is 0 Å². The van der Waals surface area contributed by atoms with Crippen LogP contribution in [0.2, 0.25) is 0 Å². The minimum atomic E-state index is 0.259. The van der Waals surface area contributed by atoms with Gasteiger partial charge >= 0.3 is 0 Å². The number of ether oxygens (including phenoxy) is 1. The fourth-order valence-corrected chi connectivity index (χ4v) is 3.70. The smallest absolute Gasteiger partial charge is 0.0897 e. The molecule has 1 aromatic rings. The van der Waals surface area contributed by atoms with E-state index in [1.807, 2.05) is 7.05 Å². The van der Waals surface area contributed by atoms with Crippen LogP contribution in [-0.2, 0) is 4.74 Å². The first-order valence-electron chi connectivity index (χ1n) is 8.32. The average Bonchev–Trinajstić information content (AvgIpc) is 2.96. The van der Waals surface area contributed by atoms with E-state index in [1.165, 1.54) is 30.5 Å². The molecule has 0 saturated carbocycles. The zero-order valence-corrected chi connectivity index (χ0v) is 13.5. The number of benzene rings is 1. The van der Waals surface area contributed by atoms with Crippen LogP contribution in [0.1, 0.15) is 49.8 Å². The zero-order chi connectivity index (χ0) is 14.8. The van der Waals surface area contributed by atoms with Gasteiger partial charge in [0.1, 0.15) is 0 Å². The molecule has 0 aliphatic carbocycles. The van der Waals surface area contributed by atoms with Crippen LogP contribution < -0.4 is 5.32 Å². The van der Waals surface area contributed by atoms with Gasteiger partial charge in [-0.05, 0) is 43.5 Å². The Bertz CT molecular complexity index is 457. The van der Waals surface area contributed by atoms with Crippen molar-refractivity contribution in [1.29, 1.82) is 0 Å². The second-order valence-corrected chi connectivity index (χ2v) is 6.75. The standard InChI is InChI=1S/C18H28N2O/c1-13(2)14-6-8-15(9-7-14)18(19-3)17-11-20-10-4-5-16(20)12-21-17/h6-9,13,16-19H,4-5,10-12H2,1-3H3. The van der Waals surface area contributed by atoms with E-state index in [9.17, 15) is 0 Å². The highest BCUT2D eigenvalue weighted by atomic mass is 16.5. The van der Waals surface area contributed by atoms with Gasteiger partial charge in [-0.1, -0.05) is 38.1 Å². The second-order valence-electron chi connectivity index (χ2n) is 6.75. The molecular formula is C18H28N2O. The zero-order valence-electron chi connectivity index (χ0n) is 13.5. The number of nitrogens with zero attached hydrogens (tertiary/aromatic N) is 1. The van der Waals surface area contributed by atoms with Crippen LogP contribution in [0.5, 0.6) is 0 Å². The first kappa shape index (κ1) is 15.0. The predicted molar refractivity (Wildman–Crippen MR) is 86.7 cm³/mol. The molecule has 116 valence electrons. The largest absolute Gasteiger partial charge is 0.373 e. The fraction of sp³-hybridized carbons (Fsp3) is 0.667. The van der Waals surface area contributed by atoms with E-state index in [-0.39, 0.29) is 12.1 Å². The molecule has 1 aromatic carbocycles. The molecule has 0 aromatic heterocycles. The maximum Gasteiger partial charge on any atom is 0.0897 e. The van der Waals surface area contributed by atoms with Crippen molar-refractivity contribution in [3.05, 3.63) is 35.4 Å². The van der Waals surface area contributed by atoms with Gasteiger partial charge in [-0.25, -0.2) is 0 Å². The normalized spacial score (nSPS) is 27.8. The summed E-state index contributed by atoms with van der Waals surface area (Å²) in [4.78, 5) is 2.61. The van der Waals surface area contributed by atoms with E-state index in [0.717, 1.165) is 13.2 Å². The Balaban J connectivity index is 1.72. The molecule has 1 N–H and O–H groups in total. The molecule has 3 rings (SSSR count). The number of nitrogens with one attached hydrogen (secondary N) is 1. The Morgan fingerprint density at radius 3 is 2.57 bits per heavy atom. The van der Waals surface area contributed by atoms with Gasteiger partial charge in [-0.3, -0.25) is 4.90 Å². The lowest BCUT2D eigenvalue weighted by atomic mass is 9.95. The van der Waals surface area contributed by atoms with Crippen molar-refractivity contribution in [2.75, 3.05) is 26.7 Å². The van der Waals surface area contributed by atoms with Crippen molar-refractivity contribution >= 4 is 0 Å². The molecule has 2 fully saturated rings. The van der Waals surface area contributed by atoms with Gasteiger partial charge in [0, 0.05) is 12.6 Å². The molecule has 3 nitrogen and oxygen atoms in total. The number of morpholine rings is 1. The summed E-state index contributed by atoms with van der Waals surface area (Å²) in [5, 5.41) is 3.46. The van der Waals surface area contributed by atoms with E-state index in [2.05, 4.69) is 48.3 Å². The number of fused-ring (bicyclic) bond motifs is 1. The number of likely N-dealkylation sites (N-methyl/N-ethyl adjacent to an activating group) is 1. The summed E-state index contributed by atoms with van der Waals surface area (Å²) in [5.74, 6) is 0.586. The van der Waals surface area contributed by atoms with Crippen molar-refractivity contribution in [2.24, 2.45) is 0 Å². The molecule has 3 atom stereocenters. The summed E-state index contributed by atoms with van der Waals surface area (Å²) in [6.07, 6.45) is 2.89. The van der Waals surface area contributed by atoms with E-state index < -0.39 is 0 Å². The Hall–Kier alpha value is -0.900. The maximum absolute atomic E-state index is 6.17. The quantitative estimate of drug-likeness (QED) is 0.922. The third-order valence-electron chi connectivity index (χ3n) is 5.06. The summed E-state index contributed by atoms with van der Waals surface area (Å²) in [7, 11) is 2.04. The third-order valence-corrected chi connectivity index (χ3v) is 5.06. The molecule has 3 unspecified atom stereocenters. The topological polar surface area (TPSA) is 24.5 Å². The van der Waals surface area contributed by atoms with E-state index in [0.29, 0.717) is 12.0 Å². The average molecular weight is 288 g/mol. The lowest BCUT2D eigenvalue weighted by molar-refractivity contribution is -0.0642. The maximum atomic E-state index is 6.17. The van der Waals surface area contributed by atoms with Crippen LogP contribution in [0.25, 0.3) is 0 Å². The molecule has 0 amide bonds. The van der Waals surface area contributed by atoms with Crippen molar-refractivity contribution < 1.29 is 4.74 Å². The summed E-state index contributed by atoms with van der Waals surface area (Å²) < 4.78 is 6.17. The molecule has 2 saturated heterocycles. The van der Waals surface area contributed by atoms with E-state index in [1.54, 1.807) is 0 Å². The molecule has 2 aliphatic heterocycles. The number of hydrogen-bond donors (Lipinski definition) is 1. The molecule has 0 radical (unpaired) electrons. The lowest BCUT2D eigenvalue weighted by Gasteiger charge is -2.39. The van der Waals surface area contributed by atoms with Crippen molar-refractivity contribution in [2.45, 2.75) is 50.8 Å². The minimum Gasteiger partial charge on any atom is -0.373 e. The van der Waals surface area contributed by atoms with Gasteiger partial charge in [0.25, 0.3) is 0 Å². The highest BCUT2D eigenvalue weighted by Gasteiger charge is 2.35. The Morgan fingerprint density at radius 1 is 1.19 bits per heavy atom. The van der Waals surface area contributed by atoms with Gasteiger partial charge in [0.15, 0.2) is 0 Å². The summed E-state index contributed by atoms with van der Waals surface area (Å²) >= 11 is 0. The SMILES string of the molecule is CNC(c1ccc(C(C)C)cc1)C1CN2CCCC2CO1. The van der Waals surface area contributed by atoms with Gasteiger partial charge in [0.05, 0.1) is 18.8 Å². The summed E-state index contributed by atoms with van der Waals surface area (Å²) in [6, 6.07) is 9.98. The lowest BCUT2D eigenvalue weighted by Crippen LogP contribution is -2.50. The van der Waals surface area contributed by atoms with E-state index in [4.69, 9.17) is 4.74 Å². The molecule has 0 spiro atoms. The van der Waals surface area contributed by atoms with Crippen LogP contribution in [0, 0.1) is 0 Å². The van der Waals surface area contributed by atoms with Gasteiger partial charge in [-0.15, -0.1) is 0 Å². The molecule has 21 heavy (non-hydrogen) atoms. The predicted octanol–water partition coefficient (Wildman–Crippen LogP) is 2.93.